The third-order valence-corrected chi connectivity index (χ3v) is 3.13. The number of ether oxygens (including phenoxy) is 1. The molecule has 0 fully saturated rings. The zero-order chi connectivity index (χ0) is 11.5. The van der Waals surface area contributed by atoms with Gasteiger partial charge >= 0.3 is 0 Å². The number of benzene rings is 1. The first-order chi connectivity index (χ1) is 7.76. The maximum Gasteiger partial charge on any atom is 0.122 e. The number of aromatic amines is 1. The zero-order valence-electron chi connectivity index (χ0n) is 9.25. The lowest BCUT2D eigenvalue weighted by Gasteiger charge is -2.08. The molecule has 3 nitrogen and oxygen atoms in total. The highest BCUT2D eigenvalue weighted by atomic mass is 79.9. The number of aromatic nitrogens is 2. The van der Waals surface area contributed by atoms with E-state index in [0.717, 1.165) is 28.0 Å². The lowest BCUT2D eigenvalue weighted by molar-refractivity contribution is 0.410. The summed E-state index contributed by atoms with van der Waals surface area (Å²) >= 11 is 3.44. The van der Waals surface area contributed by atoms with Crippen LogP contribution in [0.5, 0.6) is 5.75 Å². The number of nitrogens with one attached hydrogen (secondary N) is 1. The van der Waals surface area contributed by atoms with Gasteiger partial charge in [0.1, 0.15) is 16.0 Å². The highest BCUT2D eigenvalue weighted by Crippen LogP contribution is 2.29. The molecule has 0 bridgehead atoms. The van der Waals surface area contributed by atoms with E-state index in [1.807, 2.05) is 12.1 Å². The van der Waals surface area contributed by atoms with Crippen LogP contribution in [0, 0.1) is 0 Å². The van der Waals surface area contributed by atoms with Crippen LogP contribution >= 0.6 is 15.9 Å². The van der Waals surface area contributed by atoms with Crippen molar-refractivity contribution < 1.29 is 4.74 Å². The predicted octanol–water partition coefficient (Wildman–Crippen LogP) is 3.41. The molecule has 0 spiro atoms. The molecule has 84 valence electrons. The number of hydrogen-bond donors (Lipinski definition) is 1. The summed E-state index contributed by atoms with van der Waals surface area (Å²) in [4.78, 5) is 7.28. The van der Waals surface area contributed by atoms with Crippen molar-refractivity contribution in [3.63, 3.8) is 0 Å². The van der Waals surface area contributed by atoms with Gasteiger partial charge in [-0.1, -0.05) is 6.92 Å². The summed E-state index contributed by atoms with van der Waals surface area (Å²) in [5, 5.41) is 0. The maximum atomic E-state index is 5.30. The molecule has 0 radical (unpaired) electrons. The summed E-state index contributed by atoms with van der Waals surface area (Å²) < 4.78 is 6.20. The Hall–Kier alpha value is -1.29. The van der Waals surface area contributed by atoms with E-state index >= 15 is 0 Å². The van der Waals surface area contributed by atoms with Crippen LogP contribution in [0.3, 0.4) is 0 Å². The van der Waals surface area contributed by atoms with Crippen LogP contribution in [0.25, 0.3) is 11.3 Å². The minimum absolute atomic E-state index is 0.903. The molecule has 1 aromatic heterocycles. The van der Waals surface area contributed by atoms with Gasteiger partial charge in [-0.05, 0) is 46.1 Å². The van der Waals surface area contributed by atoms with Gasteiger partial charge < -0.3 is 9.72 Å². The molecule has 16 heavy (non-hydrogen) atoms. The van der Waals surface area contributed by atoms with Crippen molar-refractivity contribution in [1.29, 1.82) is 0 Å². The van der Waals surface area contributed by atoms with Crippen molar-refractivity contribution in [2.75, 3.05) is 7.11 Å². The van der Waals surface area contributed by atoms with Crippen molar-refractivity contribution in [2.45, 2.75) is 13.3 Å². The Morgan fingerprint density at radius 3 is 2.81 bits per heavy atom. The van der Waals surface area contributed by atoms with Crippen LogP contribution in [-0.4, -0.2) is 17.1 Å². The van der Waals surface area contributed by atoms with Gasteiger partial charge in [0, 0.05) is 5.56 Å². The monoisotopic (exact) mass is 280 g/mol. The lowest BCUT2D eigenvalue weighted by atomic mass is 10.1. The molecule has 4 heteroatoms. The quantitative estimate of drug-likeness (QED) is 0.936. The highest BCUT2D eigenvalue weighted by Gasteiger charge is 2.08. The molecule has 0 unspecified atom stereocenters. The van der Waals surface area contributed by atoms with E-state index in [9.17, 15) is 0 Å². The molecular weight excluding hydrogens is 268 g/mol. The lowest BCUT2D eigenvalue weighted by Crippen LogP contribution is -1.91. The molecule has 0 saturated heterocycles. The second-order valence-electron chi connectivity index (χ2n) is 3.45. The number of methoxy groups -OCH3 is 1. The number of nitrogens with zero attached hydrogens (tertiary/aromatic N) is 1. The molecule has 0 aliphatic carbocycles. The third kappa shape index (κ3) is 1.97. The number of rotatable bonds is 3. The predicted molar refractivity (Wildman–Crippen MR) is 67.7 cm³/mol. The second kappa shape index (κ2) is 4.70. The SMILES string of the molecule is CCc1cc(-c2nc[nH]c2Br)ccc1OC. The van der Waals surface area contributed by atoms with Crippen LogP contribution in [-0.2, 0) is 6.42 Å². The molecule has 0 amide bonds. The van der Waals surface area contributed by atoms with Crippen molar-refractivity contribution in [3.05, 3.63) is 34.7 Å². The Balaban J connectivity index is 2.48. The van der Waals surface area contributed by atoms with Gasteiger partial charge in [0.05, 0.1) is 13.4 Å². The van der Waals surface area contributed by atoms with Gasteiger partial charge in [-0.15, -0.1) is 0 Å². The smallest absolute Gasteiger partial charge is 0.122 e. The Bertz CT molecular complexity index is 494. The van der Waals surface area contributed by atoms with Crippen molar-refractivity contribution in [3.8, 4) is 17.0 Å². The number of aryl methyl sites for hydroxylation is 1. The van der Waals surface area contributed by atoms with Crippen LogP contribution in [0.1, 0.15) is 12.5 Å². The third-order valence-electron chi connectivity index (χ3n) is 2.53. The molecule has 2 aromatic rings. The summed E-state index contributed by atoms with van der Waals surface area (Å²) in [6, 6.07) is 6.11. The molecule has 1 N–H and O–H groups in total. The average molecular weight is 281 g/mol. The molecule has 1 heterocycles. The summed E-state index contributed by atoms with van der Waals surface area (Å²) in [5.74, 6) is 0.929. The van der Waals surface area contributed by atoms with Crippen LogP contribution in [0.4, 0.5) is 0 Å². The Morgan fingerprint density at radius 2 is 2.25 bits per heavy atom. The normalized spacial score (nSPS) is 10.4. The molecular formula is C12H13BrN2O. The average Bonchev–Trinajstić information content (AvgIpc) is 2.74. The van der Waals surface area contributed by atoms with Crippen molar-refractivity contribution in [1.82, 2.24) is 9.97 Å². The Morgan fingerprint density at radius 1 is 1.44 bits per heavy atom. The van der Waals surface area contributed by atoms with E-state index < -0.39 is 0 Å². The first-order valence-electron chi connectivity index (χ1n) is 5.12. The van der Waals surface area contributed by atoms with Gasteiger partial charge in [-0.2, -0.15) is 0 Å². The minimum Gasteiger partial charge on any atom is -0.496 e. The minimum atomic E-state index is 0.903. The molecule has 0 saturated carbocycles. The van der Waals surface area contributed by atoms with Crippen molar-refractivity contribution >= 4 is 15.9 Å². The number of H-pyrrole nitrogens is 1. The van der Waals surface area contributed by atoms with E-state index in [4.69, 9.17) is 4.74 Å². The second-order valence-corrected chi connectivity index (χ2v) is 4.24. The molecule has 2 rings (SSSR count). The van der Waals surface area contributed by atoms with Crippen LogP contribution in [0.15, 0.2) is 29.1 Å². The zero-order valence-corrected chi connectivity index (χ0v) is 10.8. The van der Waals surface area contributed by atoms with E-state index in [0.29, 0.717) is 0 Å². The van der Waals surface area contributed by atoms with Crippen LogP contribution < -0.4 is 4.74 Å². The van der Waals surface area contributed by atoms with E-state index in [1.165, 1.54) is 5.56 Å². The summed E-state index contributed by atoms with van der Waals surface area (Å²) in [5.41, 5.74) is 3.21. The fraction of sp³-hybridized carbons (Fsp3) is 0.250. The molecule has 0 atom stereocenters. The fourth-order valence-electron chi connectivity index (χ4n) is 1.68. The fourth-order valence-corrected chi connectivity index (χ4v) is 2.12. The Kier molecular flexibility index (Phi) is 3.29. The van der Waals surface area contributed by atoms with Gasteiger partial charge in [0.25, 0.3) is 0 Å². The van der Waals surface area contributed by atoms with Gasteiger partial charge in [0.15, 0.2) is 0 Å². The first-order valence-corrected chi connectivity index (χ1v) is 5.91. The van der Waals surface area contributed by atoms with E-state index in [1.54, 1.807) is 13.4 Å². The van der Waals surface area contributed by atoms with Gasteiger partial charge in [-0.25, -0.2) is 4.98 Å². The molecule has 1 aromatic carbocycles. The first kappa shape index (κ1) is 11.2. The van der Waals surface area contributed by atoms with Gasteiger partial charge in [-0.3, -0.25) is 0 Å². The topological polar surface area (TPSA) is 37.9 Å². The van der Waals surface area contributed by atoms with E-state index in [2.05, 4.69) is 38.9 Å². The Labute approximate surface area is 103 Å². The van der Waals surface area contributed by atoms with E-state index in [-0.39, 0.29) is 0 Å². The summed E-state index contributed by atoms with van der Waals surface area (Å²) in [7, 11) is 1.69. The maximum absolute atomic E-state index is 5.30. The molecule has 0 aliphatic heterocycles. The number of halogens is 1. The van der Waals surface area contributed by atoms with Crippen molar-refractivity contribution in [2.24, 2.45) is 0 Å². The highest BCUT2D eigenvalue weighted by molar-refractivity contribution is 9.10. The summed E-state index contributed by atoms with van der Waals surface area (Å²) in [6.45, 7) is 2.11. The molecule has 0 aliphatic rings. The van der Waals surface area contributed by atoms with Crippen LogP contribution in [0.2, 0.25) is 0 Å². The number of hydrogen-bond acceptors (Lipinski definition) is 2. The standard InChI is InChI=1S/C12H13BrN2O/c1-3-8-6-9(4-5-10(8)16-2)11-12(13)15-7-14-11/h4-7H,3H2,1-2H3,(H,14,15). The largest absolute Gasteiger partial charge is 0.496 e. The number of imidazole rings is 1. The van der Waals surface area contributed by atoms with Gasteiger partial charge in [0.2, 0.25) is 0 Å². The summed E-state index contributed by atoms with van der Waals surface area (Å²) in [6.07, 6.45) is 2.62.